The molecule has 6 heteroatoms. The molecule has 0 unspecified atom stereocenters. The third-order valence-corrected chi connectivity index (χ3v) is 5.90. The largest absolute Gasteiger partial charge is 0.336 e. The van der Waals surface area contributed by atoms with E-state index in [2.05, 4.69) is 17.2 Å². The Balaban J connectivity index is 1.60. The Labute approximate surface area is 165 Å². The highest BCUT2D eigenvalue weighted by molar-refractivity contribution is 6.05. The molecule has 2 aliphatic rings. The van der Waals surface area contributed by atoms with E-state index in [4.69, 9.17) is 0 Å². The van der Waals surface area contributed by atoms with E-state index in [9.17, 15) is 9.59 Å². The molecule has 1 N–H and O–H groups in total. The summed E-state index contributed by atoms with van der Waals surface area (Å²) in [4.78, 5) is 32.5. The number of likely N-dealkylation sites (tertiary alicyclic amines) is 1. The Hall–Kier alpha value is -2.63. The molecule has 2 amide bonds. The number of hydrogen-bond acceptors (Lipinski definition) is 3. The van der Waals surface area contributed by atoms with Gasteiger partial charge in [0.05, 0.1) is 5.69 Å². The van der Waals surface area contributed by atoms with E-state index in [1.807, 2.05) is 40.7 Å². The van der Waals surface area contributed by atoms with Crippen LogP contribution in [0.25, 0.3) is 0 Å². The van der Waals surface area contributed by atoms with E-state index in [1.165, 1.54) is 0 Å². The molecule has 1 saturated heterocycles. The quantitative estimate of drug-likeness (QED) is 0.884. The minimum Gasteiger partial charge on any atom is -0.336 e. The van der Waals surface area contributed by atoms with E-state index in [1.54, 1.807) is 0 Å². The summed E-state index contributed by atoms with van der Waals surface area (Å²) in [6.45, 7) is 6.54. The van der Waals surface area contributed by atoms with Crippen molar-refractivity contribution in [2.75, 3.05) is 18.4 Å². The van der Waals surface area contributed by atoms with Crippen LogP contribution in [-0.4, -0.2) is 39.4 Å². The van der Waals surface area contributed by atoms with Gasteiger partial charge in [-0.05, 0) is 57.1 Å². The van der Waals surface area contributed by atoms with Crippen LogP contribution in [0.5, 0.6) is 0 Å². The summed E-state index contributed by atoms with van der Waals surface area (Å²) < 4.78 is 1.98. The Bertz CT molecular complexity index is 877. The first-order chi connectivity index (χ1) is 13.5. The monoisotopic (exact) mass is 380 g/mol. The molecule has 3 heterocycles. The first kappa shape index (κ1) is 18.7. The van der Waals surface area contributed by atoms with Crippen LogP contribution in [-0.2, 0) is 13.0 Å². The lowest BCUT2D eigenvalue weighted by Crippen LogP contribution is -2.39. The Morgan fingerprint density at radius 2 is 1.79 bits per heavy atom. The van der Waals surface area contributed by atoms with Crippen LogP contribution in [0.15, 0.2) is 24.3 Å². The molecule has 0 atom stereocenters. The van der Waals surface area contributed by atoms with Gasteiger partial charge in [-0.15, -0.1) is 0 Å². The van der Waals surface area contributed by atoms with Gasteiger partial charge in [-0.2, -0.15) is 0 Å². The number of benzene rings is 1. The second-order valence-electron chi connectivity index (χ2n) is 8.13. The first-order valence-corrected chi connectivity index (χ1v) is 10.3. The molecular formula is C22H28N4O2. The molecule has 0 bridgehead atoms. The summed E-state index contributed by atoms with van der Waals surface area (Å²) in [6.07, 6.45) is 4.87. The summed E-state index contributed by atoms with van der Waals surface area (Å²) in [5.74, 6) is 0.817. The molecule has 0 aliphatic carbocycles. The van der Waals surface area contributed by atoms with Crippen LogP contribution in [0.4, 0.5) is 5.69 Å². The van der Waals surface area contributed by atoms with E-state index in [-0.39, 0.29) is 11.8 Å². The Kier molecular flexibility index (Phi) is 5.20. The van der Waals surface area contributed by atoms with Crippen LogP contribution in [0.1, 0.15) is 65.0 Å². The summed E-state index contributed by atoms with van der Waals surface area (Å²) in [7, 11) is 0. The normalized spacial score (nSPS) is 17.3. The third-order valence-electron chi connectivity index (χ3n) is 5.90. The average Bonchev–Trinajstić information content (AvgIpc) is 3.10. The number of fused-ring (bicyclic) bond motifs is 1. The van der Waals surface area contributed by atoms with Crippen molar-refractivity contribution in [2.24, 2.45) is 5.92 Å². The highest BCUT2D eigenvalue weighted by atomic mass is 16.2. The van der Waals surface area contributed by atoms with Gasteiger partial charge < -0.3 is 14.8 Å². The average molecular weight is 380 g/mol. The minimum atomic E-state index is -0.235. The summed E-state index contributed by atoms with van der Waals surface area (Å²) >= 11 is 0. The summed E-state index contributed by atoms with van der Waals surface area (Å²) in [5.41, 5.74) is 3.17. The third kappa shape index (κ3) is 3.68. The van der Waals surface area contributed by atoms with Gasteiger partial charge in [0.2, 0.25) is 0 Å². The van der Waals surface area contributed by atoms with Gasteiger partial charge in [0.25, 0.3) is 11.8 Å². The fourth-order valence-electron chi connectivity index (χ4n) is 4.07. The maximum absolute atomic E-state index is 13.1. The zero-order valence-electron chi connectivity index (χ0n) is 16.7. The molecule has 28 heavy (non-hydrogen) atoms. The van der Waals surface area contributed by atoms with Gasteiger partial charge in [0, 0.05) is 25.3 Å². The predicted octanol–water partition coefficient (Wildman–Crippen LogP) is 3.65. The highest BCUT2D eigenvalue weighted by Gasteiger charge is 2.31. The summed E-state index contributed by atoms with van der Waals surface area (Å²) in [5, 5.41) is 2.93. The molecule has 6 nitrogen and oxygen atoms in total. The first-order valence-electron chi connectivity index (χ1n) is 10.3. The molecule has 0 radical (unpaired) electrons. The number of rotatable bonds is 3. The molecule has 0 saturated carbocycles. The number of hydrogen-bond donors (Lipinski definition) is 1. The number of nitrogens with one attached hydrogen (secondary N) is 1. The molecule has 1 fully saturated rings. The van der Waals surface area contributed by atoms with Crippen molar-refractivity contribution in [1.29, 1.82) is 0 Å². The maximum atomic E-state index is 13.1. The van der Waals surface area contributed by atoms with E-state index < -0.39 is 0 Å². The number of amides is 2. The van der Waals surface area contributed by atoms with Gasteiger partial charge in [0.15, 0.2) is 11.5 Å². The molecule has 148 valence electrons. The van der Waals surface area contributed by atoms with Gasteiger partial charge in [-0.25, -0.2) is 4.98 Å². The highest BCUT2D eigenvalue weighted by Crippen LogP contribution is 2.25. The second-order valence-corrected chi connectivity index (χ2v) is 8.13. The van der Waals surface area contributed by atoms with Crippen molar-refractivity contribution in [3.63, 3.8) is 0 Å². The van der Waals surface area contributed by atoms with Crippen molar-refractivity contribution < 1.29 is 9.59 Å². The number of imidazole rings is 1. The number of carbonyl (C=O) groups is 2. The Morgan fingerprint density at radius 1 is 1.07 bits per heavy atom. The number of aromatic nitrogens is 2. The summed E-state index contributed by atoms with van der Waals surface area (Å²) in [6, 6.07) is 7.70. The molecule has 2 aliphatic heterocycles. The van der Waals surface area contributed by atoms with Crippen LogP contribution in [0, 0.1) is 12.8 Å². The zero-order chi connectivity index (χ0) is 19.7. The van der Waals surface area contributed by atoms with Crippen LogP contribution >= 0.6 is 0 Å². The van der Waals surface area contributed by atoms with E-state index in [0.717, 1.165) is 68.7 Å². The molecule has 2 aromatic rings. The van der Waals surface area contributed by atoms with Gasteiger partial charge in [-0.3, -0.25) is 9.59 Å². The minimum absolute atomic E-state index is 0.0376. The maximum Gasteiger partial charge on any atom is 0.289 e. The van der Waals surface area contributed by atoms with Crippen molar-refractivity contribution in [1.82, 2.24) is 14.5 Å². The topological polar surface area (TPSA) is 67.2 Å². The molecular weight excluding hydrogens is 352 g/mol. The van der Waals surface area contributed by atoms with E-state index in [0.29, 0.717) is 17.4 Å². The fourth-order valence-corrected chi connectivity index (χ4v) is 4.07. The van der Waals surface area contributed by atoms with Gasteiger partial charge in [-0.1, -0.05) is 24.6 Å². The van der Waals surface area contributed by atoms with Gasteiger partial charge in [0.1, 0.15) is 0 Å². The van der Waals surface area contributed by atoms with Crippen LogP contribution < -0.4 is 5.32 Å². The number of aryl methyl sites for hydroxylation is 1. The lowest BCUT2D eigenvalue weighted by Gasteiger charge is -2.30. The SMILES string of the molecule is Cc1ccc(NC(=O)c2nc(C(=O)N3CCC(C)CC3)n3c2CCCC3)cc1. The van der Waals surface area contributed by atoms with Crippen molar-refractivity contribution >= 4 is 17.5 Å². The predicted molar refractivity (Wildman–Crippen MR) is 109 cm³/mol. The van der Waals surface area contributed by atoms with Crippen molar-refractivity contribution in [3.8, 4) is 0 Å². The Morgan fingerprint density at radius 3 is 2.50 bits per heavy atom. The zero-order valence-corrected chi connectivity index (χ0v) is 16.7. The second kappa shape index (κ2) is 7.78. The number of piperidine rings is 1. The number of anilines is 1. The van der Waals surface area contributed by atoms with Crippen LogP contribution in [0.2, 0.25) is 0 Å². The molecule has 1 aromatic carbocycles. The molecule has 0 spiro atoms. The molecule has 1 aromatic heterocycles. The fraction of sp³-hybridized carbons (Fsp3) is 0.500. The lowest BCUT2D eigenvalue weighted by atomic mass is 9.99. The van der Waals surface area contributed by atoms with Crippen molar-refractivity contribution in [3.05, 3.63) is 47.0 Å². The number of nitrogens with zero attached hydrogens (tertiary/aromatic N) is 3. The lowest BCUT2D eigenvalue weighted by molar-refractivity contribution is 0.0678. The van der Waals surface area contributed by atoms with Gasteiger partial charge >= 0.3 is 0 Å². The standard InChI is InChI=1S/C22H28N4O2/c1-15-6-8-17(9-7-15)23-21(27)19-18-5-3-4-12-26(18)20(24-19)22(28)25-13-10-16(2)11-14-25/h6-9,16H,3-5,10-14H2,1-2H3,(H,23,27). The smallest absolute Gasteiger partial charge is 0.289 e. The van der Waals surface area contributed by atoms with Crippen molar-refractivity contribution in [2.45, 2.75) is 52.5 Å². The van der Waals surface area contributed by atoms with E-state index >= 15 is 0 Å². The molecule has 4 rings (SSSR count). The van der Waals surface area contributed by atoms with Crippen LogP contribution in [0.3, 0.4) is 0 Å². The number of carbonyl (C=O) groups excluding carboxylic acids is 2.